The van der Waals surface area contributed by atoms with Crippen molar-refractivity contribution in [1.29, 1.82) is 0 Å². The van der Waals surface area contributed by atoms with Crippen LogP contribution in [0.25, 0.3) is 0 Å². The van der Waals surface area contributed by atoms with Crippen molar-refractivity contribution in [2.24, 2.45) is 0 Å². The number of sulfonamides is 1. The monoisotopic (exact) mass is 293 g/mol. The van der Waals surface area contributed by atoms with E-state index in [9.17, 15) is 21.6 Å². The van der Waals surface area contributed by atoms with Crippen molar-refractivity contribution in [1.82, 2.24) is 4.72 Å². The van der Waals surface area contributed by atoms with Crippen LogP contribution in [0.3, 0.4) is 0 Å². The van der Waals surface area contributed by atoms with Crippen LogP contribution in [0.5, 0.6) is 0 Å². The van der Waals surface area contributed by atoms with Crippen LogP contribution in [0.1, 0.15) is 30.4 Å². The quantitative estimate of drug-likeness (QED) is 0.931. The number of nitrogens with one attached hydrogen (secondary N) is 1. The van der Waals surface area contributed by atoms with Gasteiger partial charge in [0.2, 0.25) is 10.0 Å². The lowest BCUT2D eigenvalue weighted by Gasteiger charge is -2.42. The molecule has 1 aromatic carbocycles. The molecule has 0 spiro atoms. The van der Waals surface area contributed by atoms with Gasteiger partial charge in [-0.05, 0) is 37.0 Å². The van der Waals surface area contributed by atoms with Gasteiger partial charge in [0.05, 0.1) is 17.4 Å². The second-order valence-corrected chi connectivity index (χ2v) is 6.64. The number of benzene rings is 1. The van der Waals surface area contributed by atoms with Gasteiger partial charge in [0, 0.05) is 0 Å². The lowest BCUT2D eigenvalue weighted by atomic mass is 9.72. The number of hydrogen-bond acceptors (Lipinski definition) is 2. The zero-order valence-corrected chi connectivity index (χ0v) is 11.1. The Balaban J connectivity index is 2.40. The van der Waals surface area contributed by atoms with Crippen molar-refractivity contribution in [3.05, 3.63) is 35.4 Å². The highest BCUT2D eigenvalue weighted by Gasteiger charge is 2.42. The Hall–Kier alpha value is -1.08. The van der Waals surface area contributed by atoms with Gasteiger partial charge in [0.1, 0.15) is 0 Å². The minimum absolute atomic E-state index is 0.374. The highest BCUT2D eigenvalue weighted by atomic mass is 32.2. The fraction of sp³-hybridized carbons (Fsp3) is 0.500. The van der Waals surface area contributed by atoms with E-state index in [0.29, 0.717) is 18.4 Å². The summed E-state index contributed by atoms with van der Waals surface area (Å²) in [6.07, 6.45) is -1.59. The molecule has 2 rings (SSSR count). The summed E-state index contributed by atoms with van der Waals surface area (Å²) in [5.74, 6) is 0. The molecule has 1 aromatic rings. The number of hydrogen-bond donors (Lipinski definition) is 1. The van der Waals surface area contributed by atoms with Crippen LogP contribution in [0.4, 0.5) is 13.2 Å². The Morgan fingerprint density at radius 3 is 2.32 bits per heavy atom. The molecule has 7 heteroatoms. The molecule has 0 aliphatic heterocycles. The SMILES string of the molecule is CS(=O)(=O)NC1(c2cccc(C(F)(F)F)c2)CCC1. The fourth-order valence-electron chi connectivity index (χ4n) is 2.33. The van der Waals surface area contributed by atoms with Gasteiger partial charge >= 0.3 is 6.18 Å². The molecule has 0 saturated heterocycles. The van der Waals surface area contributed by atoms with Crippen LogP contribution in [0, 0.1) is 0 Å². The average Bonchev–Trinajstić information content (AvgIpc) is 2.21. The maximum atomic E-state index is 12.7. The molecule has 0 heterocycles. The number of rotatable bonds is 3. The van der Waals surface area contributed by atoms with Gasteiger partial charge in [-0.2, -0.15) is 13.2 Å². The molecule has 0 unspecified atom stereocenters. The summed E-state index contributed by atoms with van der Waals surface area (Å²) in [7, 11) is -3.47. The van der Waals surface area contributed by atoms with E-state index in [1.54, 1.807) is 0 Å². The molecule has 0 radical (unpaired) electrons. The van der Waals surface area contributed by atoms with E-state index in [2.05, 4.69) is 4.72 Å². The van der Waals surface area contributed by atoms with Gasteiger partial charge in [0.25, 0.3) is 0 Å². The van der Waals surface area contributed by atoms with Crippen molar-refractivity contribution in [3.63, 3.8) is 0 Å². The van der Waals surface area contributed by atoms with Crippen molar-refractivity contribution >= 4 is 10.0 Å². The largest absolute Gasteiger partial charge is 0.416 e. The van der Waals surface area contributed by atoms with Gasteiger partial charge in [-0.25, -0.2) is 13.1 Å². The zero-order valence-electron chi connectivity index (χ0n) is 10.3. The molecular weight excluding hydrogens is 279 g/mol. The fourth-order valence-corrected chi connectivity index (χ4v) is 3.36. The van der Waals surface area contributed by atoms with Crippen molar-refractivity contribution in [2.75, 3.05) is 6.26 Å². The molecule has 1 aliphatic rings. The average molecular weight is 293 g/mol. The highest BCUT2D eigenvalue weighted by Crippen LogP contribution is 2.43. The van der Waals surface area contributed by atoms with Gasteiger partial charge < -0.3 is 0 Å². The molecule has 19 heavy (non-hydrogen) atoms. The molecule has 1 saturated carbocycles. The smallest absolute Gasteiger partial charge is 0.213 e. The number of alkyl halides is 3. The van der Waals surface area contributed by atoms with Crippen LogP contribution in [-0.4, -0.2) is 14.7 Å². The number of halogens is 3. The Bertz CT molecular complexity index is 577. The van der Waals surface area contributed by atoms with E-state index in [1.165, 1.54) is 12.1 Å². The van der Waals surface area contributed by atoms with Crippen molar-refractivity contribution in [3.8, 4) is 0 Å². The standard InChI is InChI=1S/C12H14F3NO2S/c1-19(17,18)16-11(6-3-7-11)9-4-2-5-10(8-9)12(13,14)15/h2,4-5,8,16H,3,6-7H2,1H3. The van der Waals surface area contributed by atoms with E-state index in [1.807, 2.05) is 0 Å². The van der Waals surface area contributed by atoms with E-state index < -0.39 is 27.3 Å². The maximum Gasteiger partial charge on any atom is 0.416 e. The molecular formula is C12H14F3NO2S. The predicted octanol–water partition coefficient (Wildman–Crippen LogP) is 2.63. The molecule has 106 valence electrons. The Morgan fingerprint density at radius 2 is 1.89 bits per heavy atom. The first kappa shape index (κ1) is 14.3. The summed E-state index contributed by atoms with van der Waals surface area (Å²) in [5.41, 5.74) is -1.26. The Labute approximate surface area is 109 Å². The summed E-state index contributed by atoms with van der Waals surface area (Å²) in [6.45, 7) is 0. The normalized spacial score (nSPS) is 18.9. The summed E-state index contributed by atoms with van der Waals surface area (Å²) >= 11 is 0. The maximum absolute atomic E-state index is 12.7. The highest BCUT2D eigenvalue weighted by molar-refractivity contribution is 7.88. The van der Waals surface area contributed by atoms with Gasteiger partial charge in [-0.1, -0.05) is 12.1 Å². The second kappa shape index (κ2) is 4.49. The van der Waals surface area contributed by atoms with Crippen LogP contribution in [-0.2, 0) is 21.7 Å². The topological polar surface area (TPSA) is 46.2 Å². The molecule has 1 N–H and O–H groups in total. The molecule has 0 aromatic heterocycles. The summed E-state index contributed by atoms with van der Waals surface area (Å²) in [5, 5.41) is 0. The van der Waals surface area contributed by atoms with E-state index in [0.717, 1.165) is 24.8 Å². The summed E-state index contributed by atoms with van der Waals surface area (Å²) in [6, 6.07) is 4.85. The van der Waals surface area contributed by atoms with E-state index >= 15 is 0 Å². The van der Waals surface area contributed by atoms with E-state index in [-0.39, 0.29) is 0 Å². The minimum atomic E-state index is -4.42. The lowest BCUT2D eigenvalue weighted by Crippen LogP contribution is -2.50. The van der Waals surface area contributed by atoms with Gasteiger partial charge in [-0.3, -0.25) is 0 Å². The molecule has 3 nitrogen and oxygen atoms in total. The van der Waals surface area contributed by atoms with Gasteiger partial charge in [-0.15, -0.1) is 0 Å². The zero-order chi connectivity index (χ0) is 14.3. The third-order valence-corrected chi connectivity index (χ3v) is 4.09. The van der Waals surface area contributed by atoms with Crippen LogP contribution < -0.4 is 4.72 Å². The second-order valence-electron chi connectivity index (χ2n) is 4.89. The van der Waals surface area contributed by atoms with Crippen molar-refractivity contribution in [2.45, 2.75) is 31.0 Å². The molecule has 0 amide bonds. The molecule has 0 bridgehead atoms. The minimum Gasteiger partial charge on any atom is -0.213 e. The first-order chi connectivity index (χ1) is 8.62. The van der Waals surface area contributed by atoms with Gasteiger partial charge in [0.15, 0.2) is 0 Å². The third kappa shape index (κ3) is 3.09. The van der Waals surface area contributed by atoms with E-state index in [4.69, 9.17) is 0 Å². The Morgan fingerprint density at radius 1 is 1.26 bits per heavy atom. The first-order valence-corrected chi connectivity index (χ1v) is 7.68. The van der Waals surface area contributed by atoms with Crippen LogP contribution in [0.2, 0.25) is 0 Å². The molecule has 1 aliphatic carbocycles. The third-order valence-electron chi connectivity index (χ3n) is 3.33. The molecule has 1 fully saturated rings. The molecule has 0 atom stereocenters. The van der Waals surface area contributed by atoms with Crippen molar-refractivity contribution < 1.29 is 21.6 Å². The lowest BCUT2D eigenvalue weighted by molar-refractivity contribution is -0.137. The predicted molar refractivity (Wildman–Crippen MR) is 65.0 cm³/mol. The Kier molecular flexibility index (Phi) is 3.38. The van der Waals surface area contributed by atoms with Crippen LogP contribution in [0.15, 0.2) is 24.3 Å². The van der Waals surface area contributed by atoms with Crippen LogP contribution >= 0.6 is 0 Å². The first-order valence-electron chi connectivity index (χ1n) is 5.79. The summed E-state index contributed by atoms with van der Waals surface area (Å²) < 4.78 is 63.2. The summed E-state index contributed by atoms with van der Waals surface area (Å²) in [4.78, 5) is 0.